The maximum Gasteiger partial charge on any atom is 0.309 e. The molecule has 9 atom stereocenters. The molecule has 2 N–H and O–H groups in total. The van der Waals surface area contributed by atoms with Gasteiger partial charge in [-0.2, -0.15) is 0 Å². The predicted molar refractivity (Wildman–Crippen MR) is 214 cm³/mol. The summed E-state index contributed by atoms with van der Waals surface area (Å²) in [6, 6.07) is 0. The number of carboxylic acid groups (broad SMARTS) is 1. The van der Waals surface area contributed by atoms with Crippen LogP contribution >= 0.6 is 0 Å². The van der Waals surface area contributed by atoms with Gasteiger partial charge in [-0.1, -0.05) is 60.5 Å². The van der Waals surface area contributed by atoms with Crippen molar-refractivity contribution in [1.29, 1.82) is 0 Å². The van der Waals surface area contributed by atoms with Crippen LogP contribution in [0.15, 0.2) is 11.1 Å². The molecular formula is C46H74N2O7. The Hall–Kier alpha value is -2.26. The molecule has 0 aromatic heterocycles. The molecule has 6 aliphatic carbocycles. The van der Waals surface area contributed by atoms with Gasteiger partial charge in [0.25, 0.3) is 0 Å². The van der Waals surface area contributed by atoms with Gasteiger partial charge in [0.1, 0.15) is 6.10 Å². The van der Waals surface area contributed by atoms with Crippen molar-refractivity contribution in [3.05, 3.63) is 11.1 Å². The average molecular weight is 767 g/mol. The standard InChI is InChI=1S/C46H74N2O7/c1-28(2)38-31(49)23-46(34(50)26-48(25-29-13-12-14-29)27-36(51)47(10)11)22-21-44(8)30(39(38)46)15-16-33-43(7)19-18-35(55-37(52)24-41(3,4)40(53)54)42(5,6)32(43)17-20-45(33,44)9/h28-30,32-35,50H,12-27H2,1-11H3,(H,53,54)/t30-,32-,33-,34?,35+,43+,44-,45-,46?/m1/s1. The molecule has 1 amide bonds. The lowest BCUT2D eigenvalue weighted by molar-refractivity contribution is -0.235. The number of aliphatic hydroxyl groups is 1. The minimum atomic E-state index is -1.17. The highest BCUT2D eigenvalue weighted by Crippen LogP contribution is 2.77. The summed E-state index contributed by atoms with van der Waals surface area (Å²) < 4.78 is 6.18. The van der Waals surface area contributed by atoms with Crippen molar-refractivity contribution >= 4 is 23.6 Å². The van der Waals surface area contributed by atoms with Crippen molar-refractivity contribution in [1.82, 2.24) is 9.80 Å². The number of carboxylic acids is 1. The number of hydrogen-bond donors (Lipinski definition) is 2. The summed E-state index contributed by atoms with van der Waals surface area (Å²) in [7, 11) is 3.59. The van der Waals surface area contributed by atoms with Gasteiger partial charge in [0.05, 0.1) is 24.5 Å². The quantitative estimate of drug-likeness (QED) is 0.192. The molecule has 0 aromatic rings. The van der Waals surface area contributed by atoms with Crippen LogP contribution in [0.5, 0.6) is 0 Å². The molecule has 0 aliphatic heterocycles. The van der Waals surface area contributed by atoms with Gasteiger partial charge in [-0.15, -0.1) is 0 Å². The monoisotopic (exact) mass is 767 g/mol. The van der Waals surface area contributed by atoms with Gasteiger partial charge in [-0.25, -0.2) is 0 Å². The van der Waals surface area contributed by atoms with E-state index in [1.165, 1.54) is 24.8 Å². The SMILES string of the molecule is CC(C)C1=C2[C@H]3CC[C@@H]4[C@@]5(C)CC[C@H](OC(=O)CC(C)(C)C(=O)O)C(C)(C)[C@H]5CC[C@@]4(C)[C@]3(C)CCC2(C(O)CN(CC(=O)N(C)C)CC2CCC2)CC1=O. The zero-order valence-corrected chi connectivity index (χ0v) is 36.2. The number of carbonyl (C=O) groups excluding carboxylic acids is 3. The number of nitrogens with zero attached hydrogens (tertiary/aromatic N) is 2. The molecule has 0 heterocycles. The van der Waals surface area contributed by atoms with Crippen LogP contribution < -0.4 is 0 Å². The van der Waals surface area contributed by atoms with E-state index in [2.05, 4.69) is 53.4 Å². The van der Waals surface area contributed by atoms with Crippen LogP contribution in [-0.2, 0) is 23.9 Å². The van der Waals surface area contributed by atoms with E-state index in [1.54, 1.807) is 32.8 Å². The lowest BCUT2D eigenvalue weighted by Crippen LogP contribution is -2.66. The highest BCUT2D eigenvalue weighted by Gasteiger charge is 2.71. The van der Waals surface area contributed by atoms with E-state index in [1.807, 2.05) is 0 Å². The summed E-state index contributed by atoms with van der Waals surface area (Å²) in [5.74, 6) is 0.523. The van der Waals surface area contributed by atoms with Gasteiger partial charge < -0.3 is 19.8 Å². The Morgan fingerprint density at radius 1 is 0.891 bits per heavy atom. The molecule has 2 unspecified atom stereocenters. The number of fused-ring (bicyclic) bond motifs is 7. The van der Waals surface area contributed by atoms with Crippen molar-refractivity contribution in [3.63, 3.8) is 0 Å². The van der Waals surface area contributed by atoms with E-state index in [4.69, 9.17) is 4.74 Å². The van der Waals surface area contributed by atoms with Gasteiger partial charge >= 0.3 is 11.9 Å². The minimum absolute atomic E-state index is 0.0263. The summed E-state index contributed by atoms with van der Waals surface area (Å²) in [5, 5.41) is 22.2. The second kappa shape index (κ2) is 14.5. The fourth-order valence-corrected chi connectivity index (χ4v) is 13.9. The van der Waals surface area contributed by atoms with E-state index in [0.717, 1.165) is 63.5 Å². The van der Waals surface area contributed by atoms with E-state index >= 15 is 0 Å². The summed E-state index contributed by atoms with van der Waals surface area (Å²) in [4.78, 5) is 56.0. The number of rotatable bonds is 12. The van der Waals surface area contributed by atoms with Crippen molar-refractivity contribution in [2.45, 2.75) is 158 Å². The lowest BCUT2D eigenvalue weighted by Gasteiger charge is -2.72. The molecule has 9 heteroatoms. The number of amides is 1. The Bertz CT molecular complexity index is 1580. The van der Waals surface area contributed by atoms with Crippen LogP contribution in [0.4, 0.5) is 0 Å². The molecule has 0 radical (unpaired) electrons. The number of esters is 1. The van der Waals surface area contributed by atoms with Crippen LogP contribution in [0.3, 0.4) is 0 Å². The molecule has 55 heavy (non-hydrogen) atoms. The maximum atomic E-state index is 14.2. The first kappa shape index (κ1) is 42.3. The van der Waals surface area contributed by atoms with Crippen LogP contribution in [-0.4, -0.2) is 89.6 Å². The molecule has 9 nitrogen and oxygen atoms in total. The third kappa shape index (κ3) is 6.85. The average Bonchev–Trinajstić information content (AvgIpc) is 3.37. The molecule has 0 bridgehead atoms. The van der Waals surface area contributed by atoms with Crippen LogP contribution in [0.25, 0.3) is 0 Å². The highest BCUT2D eigenvalue weighted by atomic mass is 16.5. The highest BCUT2D eigenvalue weighted by molar-refractivity contribution is 6.00. The van der Waals surface area contributed by atoms with Gasteiger partial charge in [0.15, 0.2) is 5.78 Å². The fraction of sp³-hybridized carbons (Fsp3) is 0.870. The second-order valence-corrected chi connectivity index (χ2v) is 21.9. The topological polar surface area (TPSA) is 124 Å². The van der Waals surface area contributed by atoms with Crippen LogP contribution in [0.2, 0.25) is 0 Å². The lowest BCUT2D eigenvalue weighted by atomic mass is 9.33. The Morgan fingerprint density at radius 2 is 1.56 bits per heavy atom. The molecule has 310 valence electrons. The predicted octanol–water partition coefficient (Wildman–Crippen LogP) is 7.93. The number of Topliss-reactive ketones (excluding diaryl/α,β-unsaturated/α-hetero) is 1. The number of aliphatic carboxylic acids is 1. The van der Waals surface area contributed by atoms with Gasteiger partial charge in [0.2, 0.25) is 5.91 Å². The first-order valence-electron chi connectivity index (χ1n) is 21.8. The molecule has 0 spiro atoms. The number of ether oxygens (including phenoxy) is 1. The zero-order valence-electron chi connectivity index (χ0n) is 36.2. The Labute approximate surface area is 331 Å². The van der Waals surface area contributed by atoms with E-state index in [0.29, 0.717) is 30.7 Å². The molecule has 5 fully saturated rings. The van der Waals surface area contributed by atoms with E-state index in [9.17, 15) is 29.4 Å². The summed E-state index contributed by atoms with van der Waals surface area (Å²) in [6.07, 6.45) is 10.5. The van der Waals surface area contributed by atoms with Gasteiger partial charge in [-0.3, -0.25) is 24.1 Å². The molecular weight excluding hydrogens is 693 g/mol. The van der Waals surface area contributed by atoms with Crippen LogP contribution in [0, 0.1) is 62.1 Å². The molecule has 5 saturated carbocycles. The van der Waals surface area contributed by atoms with Crippen molar-refractivity contribution < 1.29 is 34.1 Å². The number of likely N-dealkylation sites (N-methyl/N-ethyl adjacent to an activating group) is 1. The van der Waals surface area contributed by atoms with Gasteiger partial charge in [0, 0.05) is 44.4 Å². The summed E-state index contributed by atoms with van der Waals surface area (Å²) >= 11 is 0. The molecule has 6 rings (SSSR count). The number of carbonyl (C=O) groups is 4. The third-order valence-corrected chi connectivity index (χ3v) is 17.5. The first-order chi connectivity index (χ1) is 25.4. The van der Waals surface area contributed by atoms with E-state index in [-0.39, 0.29) is 64.3 Å². The number of allylic oxidation sites excluding steroid dienone is 1. The van der Waals surface area contributed by atoms with Crippen molar-refractivity contribution in [3.8, 4) is 0 Å². The normalized spacial score (nSPS) is 37.7. The Balaban J connectivity index is 1.28. The summed E-state index contributed by atoms with van der Waals surface area (Å²) in [6.45, 7) is 21.1. The third-order valence-electron chi connectivity index (χ3n) is 17.5. The van der Waals surface area contributed by atoms with Gasteiger partial charge in [-0.05, 0) is 129 Å². The maximum absolute atomic E-state index is 14.2. The number of aliphatic hydroxyl groups excluding tert-OH is 1. The molecule has 0 saturated heterocycles. The minimum Gasteiger partial charge on any atom is -0.481 e. The number of hydrogen-bond acceptors (Lipinski definition) is 7. The van der Waals surface area contributed by atoms with Crippen LogP contribution in [0.1, 0.15) is 146 Å². The summed E-state index contributed by atoms with van der Waals surface area (Å²) in [5.41, 5.74) is 0.241. The smallest absolute Gasteiger partial charge is 0.309 e. The largest absolute Gasteiger partial charge is 0.481 e. The Kier molecular flexibility index (Phi) is 11.2. The second-order valence-electron chi connectivity index (χ2n) is 21.9. The zero-order chi connectivity index (χ0) is 40.7. The fourth-order valence-electron chi connectivity index (χ4n) is 13.9. The molecule has 0 aromatic carbocycles. The van der Waals surface area contributed by atoms with Crippen molar-refractivity contribution in [2.24, 2.45) is 62.1 Å². The van der Waals surface area contributed by atoms with Crippen molar-refractivity contribution in [2.75, 3.05) is 33.7 Å². The first-order valence-corrected chi connectivity index (χ1v) is 21.8. The Morgan fingerprint density at radius 3 is 2.15 bits per heavy atom. The van der Waals surface area contributed by atoms with E-state index < -0.39 is 28.9 Å². The number of ketones is 1. The molecule has 6 aliphatic rings.